The number of nitro benzene ring substituents is 2. The molecule has 0 aliphatic rings. The van der Waals surface area contributed by atoms with Crippen LogP contribution in [0.4, 0.5) is 17.1 Å². The van der Waals surface area contributed by atoms with E-state index in [0.717, 1.165) is 32.2 Å². The summed E-state index contributed by atoms with van der Waals surface area (Å²) in [6.07, 6.45) is 0. The smallest absolute Gasteiger partial charge is 0.271 e. The average molecular weight is 384 g/mol. The highest BCUT2D eigenvalue weighted by atomic mass is 32.1. The van der Waals surface area contributed by atoms with Crippen molar-refractivity contribution in [1.82, 2.24) is 0 Å². The summed E-state index contributed by atoms with van der Waals surface area (Å²) in [5, 5.41) is 27.4. The fraction of sp³-hybridized carbons (Fsp3) is 0.167. The highest BCUT2D eigenvalue weighted by Gasteiger charge is 2.19. The Morgan fingerprint density at radius 1 is 1.07 bits per heavy atom. The van der Waals surface area contributed by atoms with Gasteiger partial charge in [-0.3, -0.25) is 25.7 Å². The molecule has 0 spiro atoms. The van der Waals surface area contributed by atoms with Crippen LogP contribution in [0.3, 0.4) is 0 Å². The molecule has 3 aromatic rings. The summed E-state index contributed by atoms with van der Waals surface area (Å²) in [7, 11) is 0. The van der Waals surface area contributed by atoms with Gasteiger partial charge in [0.25, 0.3) is 5.69 Å². The molecule has 2 aromatic carbocycles. The molecule has 0 atom stereocenters. The highest BCUT2D eigenvalue weighted by Crippen LogP contribution is 2.33. The SMILES string of the molecule is C/C(=N\Nc1ccc([N+](=O)[O-])cc1[N+](=O)[O-])c1c(C)sc2ccc(C)cc12. The summed E-state index contributed by atoms with van der Waals surface area (Å²) in [6.45, 7) is 5.84. The second kappa shape index (κ2) is 7.12. The van der Waals surface area contributed by atoms with Crippen LogP contribution in [-0.4, -0.2) is 15.6 Å². The van der Waals surface area contributed by atoms with Crippen molar-refractivity contribution in [2.45, 2.75) is 20.8 Å². The third-order valence-electron chi connectivity index (χ3n) is 4.11. The number of benzene rings is 2. The molecule has 0 aliphatic carbocycles. The number of hydrazone groups is 1. The summed E-state index contributed by atoms with van der Waals surface area (Å²) in [6, 6.07) is 9.61. The molecule has 0 fully saturated rings. The first-order chi connectivity index (χ1) is 12.8. The van der Waals surface area contributed by atoms with Crippen LogP contribution in [0.5, 0.6) is 0 Å². The Balaban J connectivity index is 1.99. The summed E-state index contributed by atoms with van der Waals surface area (Å²) >= 11 is 1.66. The number of thiophene rings is 1. The number of nitro groups is 2. The molecule has 0 amide bonds. The topological polar surface area (TPSA) is 111 Å². The van der Waals surface area contributed by atoms with Gasteiger partial charge in [-0.25, -0.2) is 0 Å². The molecule has 27 heavy (non-hydrogen) atoms. The first-order valence-electron chi connectivity index (χ1n) is 8.01. The predicted molar refractivity (Wildman–Crippen MR) is 107 cm³/mol. The first-order valence-corrected chi connectivity index (χ1v) is 8.83. The van der Waals surface area contributed by atoms with Crippen molar-refractivity contribution in [3.8, 4) is 0 Å². The van der Waals surface area contributed by atoms with E-state index in [2.05, 4.69) is 22.7 Å². The van der Waals surface area contributed by atoms with Crippen LogP contribution in [0.15, 0.2) is 41.5 Å². The van der Waals surface area contributed by atoms with Crippen molar-refractivity contribution in [3.05, 3.63) is 72.6 Å². The second-order valence-corrected chi connectivity index (χ2v) is 7.31. The van der Waals surface area contributed by atoms with E-state index in [4.69, 9.17) is 0 Å². The van der Waals surface area contributed by atoms with Crippen LogP contribution in [0.1, 0.15) is 22.9 Å². The van der Waals surface area contributed by atoms with Gasteiger partial charge in [0.15, 0.2) is 0 Å². The van der Waals surface area contributed by atoms with Crippen molar-refractivity contribution in [1.29, 1.82) is 0 Å². The van der Waals surface area contributed by atoms with E-state index in [-0.39, 0.29) is 11.4 Å². The van der Waals surface area contributed by atoms with Gasteiger partial charge in [0.2, 0.25) is 0 Å². The fourth-order valence-electron chi connectivity index (χ4n) is 2.86. The Kier molecular flexibility index (Phi) is 4.87. The maximum Gasteiger partial charge on any atom is 0.301 e. The van der Waals surface area contributed by atoms with E-state index in [1.165, 1.54) is 12.1 Å². The molecule has 1 aromatic heterocycles. The molecule has 0 bridgehead atoms. The minimum atomic E-state index is -0.672. The molecule has 0 unspecified atom stereocenters. The van der Waals surface area contributed by atoms with Crippen molar-refractivity contribution in [2.75, 3.05) is 5.43 Å². The lowest BCUT2D eigenvalue weighted by Gasteiger charge is -2.05. The number of non-ortho nitro benzene ring substituents is 1. The standard InChI is InChI=1S/C18H16N4O4S/c1-10-4-7-17-14(8-10)18(12(3)27-17)11(2)19-20-15-6-5-13(21(23)24)9-16(15)22(25)26/h4-9,20H,1-3H3/b19-11+. The minimum Gasteiger partial charge on any atom is -0.271 e. The summed E-state index contributed by atoms with van der Waals surface area (Å²) in [5.74, 6) is 0. The Bertz CT molecular complexity index is 1100. The van der Waals surface area contributed by atoms with Gasteiger partial charge in [0.05, 0.1) is 21.6 Å². The zero-order valence-corrected chi connectivity index (χ0v) is 15.7. The lowest BCUT2D eigenvalue weighted by atomic mass is 10.1. The second-order valence-electron chi connectivity index (χ2n) is 6.06. The summed E-state index contributed by atoms with van der Waals surface area (Å²) < 4.78 is 1.14. The first kappa shape index (κ1) is 18.5. The van der Waals surface area contributed by atoms with Gasteiger partial charge in [-0.2, -0.15) is 5.10 Å². The summed E-state index contributed by atoms with van der Waals surface area (Å²) in [4.78, 5) is 21.8. The Hall–Kier alpha value is -3.33. The molecule has 0 saturated heterocycles. The number of aryl methyl sites for hydroxylation is 2. The number of rotatable bonds is 5. The molecular weight excluding hydrogens is 368 g/mol. The van der Waals surface area contributed by atoms with Crippen LogP contribution in [0.2, 0.25) is 0 Å². The number of hydrogen-bond donors (Lipinski definition) is 1. The number of nitrogens with zero attached hydrogens (tertiary/aromatic N) is 3. The largest absolute Gasteiger partial charge is 0.301 e. The maximum absolute atomic E-state index is 11.2. The molecule has 138 valence electrons. The monoisotopic (exact) mass is 384 g/mol. The number of hydrogen-bond acceptors (Lipinski definition) is 7. The number of anilines is 1. The Labute approximate surface area is 158 Å². The van der Waals surface area contributed by atoms with Crippen LogP contribution in [0.25, 0.3) is 10.1 Å². The van der Waals surface area contributed by atoms with Crippen LogP contribution < -0.4 is 5.43 Å². The zero-order chi connectivity index (χ0) is 19.7. The van der Waals surface area contributed by atoms with E-state index in [1.807, 2.05) is 26.8 Å². The predicted octanol–water partition coefficient (Wildman–Crippen LogP) is 5.17. The molecular formula is C18H16N4O4S. The van der Waals surface area contributed by atoms with E-state index < -0.39 is 15.5 Å². The van der Waals surface area contributed by atoms with E-state index in [1.54, 1.807) is 11.3 Å². The van der Waals surface area contributed by atoms with Crippen molar-refractivity contribution in [3.63, 3.8) is 0 Å². The molecule has 0 saturated carbocycles. The van der Waals surface area contributed by atoms with Gasteiger partial charge in [-0.1, -0.05) is 11.6 Å². The van der Waals surface area contributed by atoms with Crippen molar-refractivity contribution in [2.24, 2.45) is 5.10 Å². The van der Waals surface area contributed by atoms with Crippen LogP contribution in [0, 0.1) is 34.1 Å². The molecule has 1 heterocycles. The molecule has 1 N–H and O–H groups in total. The van der Waals surface area contributed by atoms with E-state index >= 15 is 0 Å². The lowest BCUT2D eigenvalue weighted by Crippen LogP contribution is -2.03. The molecule has 9 heteroatoms. The molecule has 3 rings (SSSR count). The van der Waals surface area contributed by atoms with Gasteiger partial charge in [-0.05, 0) is 39.0 Å². The Morgan fingerprint density at radius 2 is 1.81 bits per heavy atom. The highest BCUT2D eigenvalue weighted by molar-refractivity contribution is 7.19. The van der Waals surface area contributed by atoms with Crippen molar-refractivity contribution < 1.29 is 9.85 Å². The van der Waals surface area contributed by atoms with Gasteiger partial charge in [-0.15, -0.1) is 11.3 Å². The molecule has 0 aliphatic heterocycles. The van der Waals surface area contributed by atoms with Crippen LogP contribution >= 0.6 is 11.3 Å². The summed E-state index contributed by atoms with van der Waals surface area (Å²) in [5.41, 5.74) is 4.83. The molecule has 0 radical (unpaired) electrons. The number of nitrogens with one attached hydrogen (secondary N) is 1. The van der Waals surface area contributed by atoms with E-state index in [9.17, 15) is 20.2 Å². The quantitative estimate of drug-likeness (QED) is 0.370. The van der Waals surface area contributed by atoms with Gasteiger partial charge < -0.3 is 0 Å². The van der Waals surface area contributed by atoms with Crippen molar-refractivity contribution >= 4 is 44.2 Å². The zero-order valence-electron chi connectivity index (χ0n) is 14.8. The van der Waals surface area contributed by atoms with Gasteiger partial charge in [0.1, 0.15) is 5.69 Å². The fourth-order valence-corrected chi connectivity index (χ4v) is 3.96. The maximum atomic E-state index is 11.2. The van der Waals surface area contributed by atoms with E-state index in [0.29, 0.717) is 5.71 Å². The van der Waals surface area contributed by atoms with Gasteiger partial charge in [0, 0.05) is 26.6 Å². The number of fused-ring (bicyclic) bond motifs is 1. The Morgan fingerprint density at radius 3 is 2.48 bits per heavy atom. The minimum absolute atomic E-state index is 0.0957. The van der Waals surface area contributed by atoms with Crippen LogP contribution in [-0.2, 0) is 0 Å². The normalized spacial score (nSPS) is 11.6. The average Bonchev–Trinajstić information content (AvgIpc) is 2.94. The third kappa shape index (κ3) is 3.63. The van der Waals surface area contributed by atoms with Gasteiger partial charge >= 0.3 is 5.69 Å². The lowest BCUT2D eigenvalue weighted by molar-refractivity contribution is -0.393. The molecule has 8 nitrogen and oxygen atoms in total. The third-order valence-corrected chi connectivity index (χ3v) is 5.20.